The third-order valence-corrected chi connectivity index (χ3v) is 1.74. The molecule has 0 fully saturated rings. The Hall–Kier alpha value is -2.38. The lowest BCUT2D eigenvalue weighted by Crippen LogP contribution is -2.37. The van der Waals surface area contributed by atoms with Gasteiger partial charge in [-0.2, -0.15) is 5.48 Å². The summed E-state index contributed by atoms with van der Waals surface area (Å²) in [5.41, 5.74) is 2.00. The zero-order valence-corrected chi connectivity index (χ0v) is 8.31. The fourth-order valence-electron chi connectivity index (χ4n) is 1.10. The number of ether oxygens (including phenoxy) is 1. The van der Waals surface area contributed by atoms with Gasteiger partial charge in [-0.25, -0.2) is 9.78 Å². The summed E-state index contributed by atoms with van der Waals surface area (Å²) in [4.78, 5) is 33.3. The van der Waals surface area contributed by atoms with Crippen LogP contribution in [0.5, 0.6) is 0 Å². The van der Waals surface area contributed by atoms with Gasteiger partial charge in [-0.15, -0.1) is 0 Å². The molecule has 0 radical (unpaired) electrons. The van der Waals surface area contributed by atoms with Gasteiger partial charge in [0, 0.05) is 0 Å². The smallest absolute Gasteiger partial charge is 0.333 e. The van der Waals surface area contributed by atoms with Gasteiger partial charge in [-0.3, -0.25) is 14.7 Å². The topological polar surface area (TPSA) is 106 Å². The van der Waals surface area contributed by atoms with Crippen molar-refractivity contribution in [3.05, 3.63) is 21.2 Å². The van der Waals surface area contributed by atoms with Crippen LogP contribution in [0.4, 0.5) is 5.82 Å². The van der Waals surface area contributed by atoms with Crippen molar-refractivity contribution in [3.63, 3.8) is 0 Å². The maximum atomic E-state index is 11.4. The Labute approximate surface area is 88.5 Å². The van der Waals surface area contributed by atoms with Crippen LogP contribution in [0.25, 0.3) is 6.08 Å². The first kappa shape index (κ1) is 10.1. The van der Waals surface area contributed by atoms with E-state index in [1.165, 1.54) is 0 Å². The van der Waals surface area contributed by atoms with E-state index in [4.69, 9.17) is 0 Å². The maximum Gasteiger partial charge on any atom is 0.333 e. The quantitative estimate of drug-likeness (QED) is 0.563. The highest BCUT2D eigenvalue weighted by atomic mass is 16.8. The van der Waals surface area contributed by atoms with E-state index in [0.717, 1.165) is 6.08 Å². The summed E-state index contributed by atoms with van der Waals surface area (Å²) in [6.07, 6.45) is 1.00. The molecule has 1 aliphatic heterocycles. The van der Waals surface area contributed by atoms with Crippen LogP contribution in [0.1, 0.15) is 6.92 Å². The summed E-state index contributed by atoms with van der Waals surface area (Å²) < 4.78 is 4.66. The van der Waals surface area contributed by atoms with E-state index in [1.807, 2.05) is 0 Å². The molecule has 0 spiro atoms. The first-order valence-electron chi connectivity index (χ1n) is 4.49. The molecule has 0 aliphatic carbocycles. The highest BCUT2D eigenvalue weighted by molar-refractivity contribution is 5.99. The molecule has 0 aromatic carbocycles. The van der Waals surface area contributed by atoms with E-state index in [2.05, 4.69) is 30.3 Å². The predicted octanol–water partition coefficient (Wildman–Crippen LogP) is -1.99. The number of nitrogens with zero attached hydrogens (tertiary/aromatic N) is 2. The van der Waals surface area contributed by atoms with Gasteiger partial charge in [0.05, 0.1) is 12.7 Å². The monoisotopic (exact) mass is 224 g/mol. The lowest BCUT2D eigenvalue weighted by atomic mass is 10.5. The maximum absolute atomic E-state index is 11.4. The molecule has 8 heteroatoms. The average Bonchev–Trinajstić information content (AvgIpc) is 2.65. The summed E-state index contributed by atoms with van der Waals surface area (Å²) in [6, 6.07) is 0. The van der Waals surface area contributed by atoms with Crippen molar-refractivity contribution in [2.24, 2.45) is 5.16 Å². The Morgan fingerprint density at radius 2 is 2.44 bits per heavy atom. The first-order chi connectivity index (χ1) is 7.70. The van der Waals surface area contributed by atoms with E-state index < -0.39 is 11.5 Å². The molecule has 16 heavy (non-hydrogen) atoms. The minimum Gasteiger partial charge on any atom is -0.463 e. The summed E-state index contributed by atoms with van der Waals surface area (Å²) in [7, 11) is 0. The van der Waals surface area contributed by atoms with E-state index in [9.17, 15) is 9.59 Å². The largest absolute Gasteiger partial charge is 0.463 e. The van der Waals surface area contributed by atoms with Crippen LogP contribution in [0.3, 0.4) is 0 Å². The Balaban J connectivity index is 2.48. The number of carbonyl (C=O) groups is 1. The van der Waals surface area contributed by atoms with Crippen LogP contribution in [0.2, 0.25) is 0 Å². The van der Waals surface area contributed by atoms with Crippen molar-refractivity contribution >= 4 is 17.9 Å². The van der Waals surface area contributed by atoms with Crippen LogP contribution in [0.15, 0.2) is 9.95 Å². The zero-order chi connectivity index (χ0) is 11.5. The Morgan fingerprint density at radius 3 is 3.19 bits per heavy atom. The number of nitrogens with one attached hydrogen (secondary N) is 2. The fraction of sp³-hybridized carbons (Fsp3) is 0.250. The van der Waals surface area contributed by atoms with E-state index in [-0.39, 0.29) is 23.3 Å². The van der Waals surface area contributed by atoms with Crippen LogP contribution in [-0.2, 0) is 14.5 Å². The Bertz CT molecular complexity index is 591. The molecule has 0 saturated carbocycles. The van der Waals surface area contributed by atoms with Gasteiger partial charge in [0.1, 0.15) is 5.35 Å². The van der Waals surface area contributed by atoms with Gasteiger partial charge in [0.25, 0.3) is 5.56 Å². The lowest BCUT2D eigenvalue weighted by Gasteiger charge is -1.94. The predicted molar refractivity (Wildman–Crippen MR) is 51.4 cm³/mol. The SMILES string of the molecule is CCOC(=O)/C=c1\nc2c([nH]c1=O)=NON2. The highest BCUT2D eigenvalue weighted by Gasteiger charge is 2.09. The molecule has 2 heterocycles. The van der Waals surface area contributed by atoms with Crippen LogP contribution < -0.4 is 21.9 Å². The molecule has 1 aromatic heterocycles. The normalized spacial score (nSPS) is 13.4. The second-order valence-corrected chi connectivity index (χ2v) is 2.83. The molecule has 8 nitrogen and oxygen atoms in total. The number of anilines is 1. The fourth-order valence-corrected chi connectivity index (χ4v) is 1.10. The molecule has 2 rings (SSSR count). The molecule has 0 amide bonds. The van der Waals surface area contributed by atoms with Crippen molar-refractivity contribution in [2.75, 3.05) is 12.1 Å². The van der Waals surface area contributed by atoms with Gasteiger partial charge in [0.15, 0.2) is 0 Å². The molecule has 0 saturated heterocycles. The summed E-state index contributed by atoms with van der Waals surface area (Å²) in [6.45, 7) is 1.90. The van der Waals surface area contributed by atoms with Crippen LogP contribution >= 0.6 is 0 Å². The highest BCUT2D eigenvalue weighted by Crippen LogP contribution is 1.92. The number of rotatable bonds is 2. The van der Waals surface area contributed by atoms with Crippen molar-refractivity contribution in [3.8, 4) is 0 Å². The van der Waals surface area contributed by atoms with Crippen molar-refractivity contribution in [1.29, 1.82) is 0 Å². The number of aromatic nitrogens is 2. The Morgan fingerprint density at radius 1 is 1.62 bits per heavy atom. The first-order valence-corrected chi connectivity index (χ1v) is 4.49. The van der Waals surface area contributed by atoms with Gasteiger partial charge >= 0.3 is 5.97 Å². The average molecular weight is 224 g/mol. The standard InChI is InChI=1S/C8H8N4O4/c1-2-15-5(13)3-4-8(14)10-7-6(9-4)11-16-12-7/h3H,2H2,1H3,(H,9,11)(H,10,12,14)/b4-3-. The third-order valence-electron chi connectivity index (χ3n) is 1.74. The molecule has 0 bridgehead atoms. The lowest BCUT2D eigenvalue weighted by molar-refractivity contribution is -0.135. The molecule has 0 unspecified atom stereocenters. The third kappa shape index (κ3) is 1.85. The van der Waals surface area contributed by atoms with Gasteiger partial charge < -0.3 is 4.74 Å². The van der Waals surface area contributed by atoms with Crippen LogP contribution in [-0.4, -0.2) is 22.5 Å². The van der Waals surface area contributed by atoms with Gasteiger partial charge in [-0.1, -0.05) is 0 Å². The van der Waals surface area contributed by atoms with Gasteiger partial charge in [-0.05, 0) is 12.1 Å². The van der Waals surface area contributed by atoms with Gasteiger partial charge in [0.2, 0.25) is 11.3 Å². The number of aromatic amines is 1. The van der Waals surface area contributed by atoms with Crippen molar-refractivity contribution in [2.45, 2.75) is 6.92 Å². The number of esters is 1. The van der Waals surface area contributed by atoms with Crippen molar-refractivity contribution in [1.82, 2.24) is 9.97 Å². The van der Waals surface area contributed by atoms with E-state index in [1.54, 1.807) is 6.92 Å². The number of H-pyrrole nitrogens is 1. The second-order valence-electron chi connectivity index (χ2n) is 2.83. The summed E-state index contributed by atoms with van der Waals surface area (Å²) >= 11 is 0. The Kier molecular flexibility index (Phi) is 2.54. The molecule has 0 atom stereocenters. The van der Waals surface area contributed by atoms with E-state index >= 15 is 0 Å². The minimum absolute atomic E-state index is 0.0644. The molecule has 1 aliphatic rings. The van der Waals surface area contributed by atoms with E-state index in [0.29, 0.717) is 0 Å². The second kappa shape index (κ2) is 4.01. The van der Waals surface area contributed by atoms with Crippen LogP contribution in [0, 0.1) is 0 Å². The number of fused-ring (bicyclic) bond motifs is 1. The molecule has 1 aromatic rings. The molecular formula is C8H8N4O4. The summed E-state index contributed by atoms with van der Waals surface area (Å²) in [5.74, 6) is -0.383. The minimum atomic E-state index is -0.628. The molecule has 84 valence electrons. The molecule has 2 N–H and O–H groups in total. The number of hydrogen-bond acceptors (Lipinski definition) is 7. The van der Waals surface area contributed by atoms with Crippen molar-refractivity contribution < 1.29 is 14.5 Å². The number of hydrogen-bond donors (Lipinski definition) is 2. The zero-order valence-electron chi connectivity index (χ0n) is 8.31. The number of carbonyl (C=O) groups excluding carboxylic acids is 1. The summed E-state index contributed by atoms with van der Waals surface area (Å²) in [5, 5.41) is 3.39. The molecular weight excluding hydrogens is 216 g/mol.